The van der Waals surface area contributed by atoms with Crippen LogP contribution in [-0.4, -0.2) is 21.4 Å². The second kappa shape index (κ2) is 9.00. The van der Waals surface area contributed by atoms with Crippen LogP contribution in [0, 0.1) is 11.6 Å². The predicted molar refractivity (Wildman–Crippen MR) is 110 cm³/mol. The summed E-state index contributed by atoms with van der Waals surface area (Å²) in [7, 11) is 0. The molecule has 2 aromatic carbocycles. The van der Waals surface area contributed by atoms with E-state index < -0.39 is 17.5 Å². The first-order valence-electron chi connectivity index (χ1n) is 8.92. The Morgan fingerprint density at radius 3 is 2.45 bits per heavy atom. The Hall–Kier alpha value is -3.00. The molecule has 0 aliphatic heterocycles. The van der Waals surface area contributed by atoms with Crippen LogP contribution in [0.4, 0.5) is 14.5 Å². The molecule has 0 aliphatic rings. The second-order valence-corrected chi connectivity index (χ2v) is 7.63. The maximum atomic E-state index is 13.2. The van der Waals surface area contributed by atoms with E-state index in [1.54, 1.807) is 0 Å². The normalized spacial score (nSPS) is 10.9. The largest absolute Gasteiger partial charge is 0.325 e. The number of rotatable bonds is 6. The fraction of sp³-hybridized carbons (Fsp3) is 0.190. The average molecular weight is 415 g/mol. The van der Waals surface area contributed by atoms with Crippen LogP contribution >= 0.6 is 11.8 Å². The van der Waals surface area contributed by atoms with E-state index in [9.17, 15) is 18.4 Å². The zero-order valence-corrected chi connectivity index (χ0v) is 16.7. The SMILES string of the molecule is CC(C)c1ccc(-n2nc(SCC(=O)Nc3ccc(F)c(F)c3)ccc2=O)cc1. The Kier molecular flexibility index (Phi) is 6.43. The highest BCUT2D eigenvalue weighted by Crippen LogP contribution is 2.18. The molecule has 0 radical (unpaired) electrons. The van der Waals surface area contributed by atoms with Gasteiger partial charge in [0.2, 0.25) is 5.91 Å². The lowest BCUT2D eigenvalue weighted by Crippen LogP contribution is -2.21. The molecule has 8 heteroatoms. The summed E-state index contributed by atoms with van der Waals surface area (Å²) in [6, 6.07) is 13.6. The third-order valence-electron chi connectivity index (χ3n) is 4.13. The number of anilines is 1. The number of thioether (sulfide) groups is 1. The van der Waals surface area contributed by atoms with Crippen molar-refractivity contribution in [2.24, 2.45) is 0 Å². The molecule has 1 heterocycles. The van der Waals surface area contributed by atoms with E-state index in [2.05, 4.69) is 24.3 Å². The molecular formula is C21H19F2N3O2S. The lowest BCUT2D eigenvalue weighted by atomic mass is 10.0. The van der Waals surface area contributed by atoms with Crippen LogP contribution in [0.3, 0.4) is 0 Å². The lowest BCUT2D eigenvalue weighted by Gasteiger charge is -2.09. The van der Waals surface area contributed by atoms with Crippen molar-refractivity contribution in [1.82, 2.24) is 9.78 Å². The molecular weight excluding hydrogens is 396 g/mol. The van der Waals surface area contributed by atoms with Gasteiger partial charge in [0.05, 0.1) is 11.4 Å². The molecule has 1 amide bonds. The lowest BCUT2D eigenvalue weighted by molar-refractivity contribution is -0.113. The zero-order valence-electron chi connectivity index (χ0n) is 15.9. The van der Waals surface area contributed by atoms with Gasteiger partial charge in [-0.15, -0.1) is 0 Å². The van der Waals surface area contributed by atoms with Gasteiger partial charge in [0.1, 0.15) is 5.03 Å². The highest BCUT2D eigenvalue weighted by atomic mass is 32.2. The molecule has 0 atom stereocenters. The molecule has 29 heavy (non-hydrogen) atoms. The summed E-state index contributed by atoms with van der Waals surface area (Å²) in [6.07, 6.45) is 0. The van der Waals surface area contributed by atoms with Crippen molar-refractivity contribution in [2.75, 3.05) is 11.1 Å². The van der Waals surface area contributed by atoms with Crippen LogP contribution in [0.1, 0.15) is 25.3 Å². The molecule has 0 saturated carbocycles. The van der Waals surface area contributed by atoms with Crippen LogP contribution in [0.5, 0.6) is 0 Å². The second-order valence-electron chi connectivity index (χ2n) is 6.63. The number of halogens is 2. The van der Waals surface area contributed by atoms with Gasteiger partial charge in [0.15, 0.2) is 11.6 Å². The summed E-state index contributed by atoms with van der Waals surface area (Å²) in [5.74, 6) is -2.04. The highest BCUT2D eigenvalue weighted by molar-refractivity contribution is 7.99. The monoisotopic (exact) mass is 415 g/mol. The molecule has 1 N–H and O–H groups in total. The Morgan fingerprint density at radius 1 is 1.07 bits per heavy atom. The van der Waals surface area contributed by atoms with Gasteiger partial charge in [0.25, 0.3) is 5.56 Å². The van der Waals surface area contributed by atoms with Gasteiger partial charge in [-0.3, -0.25) is 9.59 Å². The Balaban J connectivity index is 1.68. The van der Waals surface area contributed by atoms with Gasteiger partial charge in [-0.1, -0.05) is 37.7 Å². The average Bonchev–Trinajstić information content (AvgIpc) is 2.70. The molecule has 0 spiro atoms. The predicted octanol–water partition coefficient (Wildman–Crippen LogP) is 4.36. The Morgan fingerprint density at radius 2 is 1.79 bits per heavy atom. The van der Waals surface area contributed by atoms with E-state index in [0.29, 0.717) is 16.6 Å². The van der Waals surface area contributed by atoms with Crippen LogP contribution in [0.15, 0.2) is 64.4 Å². The summed E-state index contributed by atoms with van der Waals surface area (Å²) < 4.78 is 27.4. The Bertz CT molecular complexity index is 1080. The quantitative estimate of drug-likeness (QED) is 0.608. The molecule has 0 saturated heterocycles. The number of hydrogen-bond acceptors (Lipinski definition) is 4. The topological polar surface area (TPSA) is 64.0 Å². The van der Waals surface area contributed by atoms with E-state index in [-0.39, 0.29) is 17.0 Å². The number of nitrogens with one attached hydrogen (secondary N) is 1. The van der Waals surface area contributed by atoms with E-state index >= 15 is 0 Å². The van der Waals surface area contributed by atoms with Gasteiger partial charge in [-0.05, 0) is 41.8 Å². The smallest absolute Gasteiger partial charge is 0.271 e. The molecule has 0 fully saturated rings. The maximum absolute atomic E-state index is 13.2. The number of amides is 1. The van der Waals surface area contributed by atoms with E-state index in [1.165, 1.54) is 22.9 Å². The van der Waals surface area contributed by atoms with Crippen molar-refractivity contribution in [3.05, 3.63) is 82.1 Å². The third-order valence-corrected chi connectivity index (χ3v) is 5.05. The third kappa shape index (κ3) is 5.29. The number of hydrogen-bond donors (Lipinski definition) is 1. The summed E-state index contributed by atoms with van der Waals surface area (Å²) in [6.45, 7) is 4.17. The molecule has 3 rings (SSSR count). The molecule has 3 aromatic rings. The van der Waals surface area contributed by atoms with Crippen molar-refractivity contribution in [2.45, 2.75) is 24.8 Å². The van der Waals surface area contributed by atoms with Crippen LogP contribution in [0.2, 0.25) is 0 Å². The van der Waals surface area contributed by atoms with Gasteiger partial charge in [-0.25, -0.2) is 8.78 Å². The fourth-order valence-electron chi connectivity index (χ4n) is 2.57. The van der Waals surface area contributed by atoms with Gasteiger partial charge in [0, 0.05) is 17.8 Å². The van der Waals surface area contributed by atoms with Crippen LogP contribution in [0.25, 0.3) is 5.69 Å². The minimum absolute atomic E-state index is 0.00349. The minimum atomic E-state index is -1.03. The molecule has 0 bridgehead atoms. The number of aromatic nitrogens is 2. The van der Waals surface area contributed by atoms with Gasteiger partial charge in [-0.2, -0.15) is 9.78 Å². The number of benzene rings is 2. The first kappa shape index (κ1) is 20.7. The summed E-state index contributed by atoms with van der Waals surface area (Å²) in [5.41, 5.74) is 1.67. The van der Waals surface area contributed by atoms with Crippen LogP contribution in [-0.2, 0) is 4.79 Å². The zero-order chi connectivity index (χ0) is 21.0. The van der Waals surface area contributed by atoms with Crippen molar-refractivity contribution in [3.8, 4) is 5.69 Å². The summed E-state index contributed by atoms with van der Waals surface area (Å²) >= 11 is 1.13. The first-order valence-corrected chi connectivity index (χ1v) is 9.90. The molecule has 0 aliphatic carbocycles. The van der Waals surface area contributed by atoms with E-state index in [0.717, 1.165) is 29.5 Å². The van der Waals surface area contributed by atoms with Crippen molar-refractivity contribution in [1.29, 1.82) is 0 Å². The maximum Gasteiger partial charge on any atom is 0.271 e. The van der Waals surface area contributed by atoms with E-state index in [4.69, 9.17) is 0 Å². The molecule has 1 aromatic heterocycles. The standard InChI is InChI=1S/C21H19F2N3O2S/c1-13(2)14-3-6-16(7-4-14)26-21(28)10-9-20(25-26)29-12-19(27)24-15-5-8-17(22)18(23)11-15/h3-11,13H,12H2,1-2H3,(H,24,27). The van der Waals surface area contributed by atoms with Crippen molar-refractivity contribution >= 4 is 23.4 Å². The van der Waals surface area contributed by atoms with E-state index in [1.807, 2.05) is 24.3 Å². The van der Waals surface area contributed by atoms with Gasteiger partial charge < -0.3 is 5.32 Å². The minimum Gasteiger partial charge on any atom is -0.325 e. The fourth-order valence-corrected chi connectivity index (χ4v) is 3.22. The summed E-state index contributed by atoms with van der Waals surface area (Å²) in [4.78, 5) is 24.2. The van der Waals surface area contributed by atoms with Crippen molar-refractivity contribution < 1.29 is 13.6 Å². The molecule has 150 valence electrons. The molecule has 5 nitrogen and oxygen atoms in total. The first-order chi connectivity index (χ1) is 13.8. The summed E-state index contributed by atoms with van der Waals surface area (Å²) in [5, 5.41) is 7.28. The number of carbonyl (C=O) groups is 1. The van der Waals surface area contributed by atoms with Crippen molar-refractivity contribution in [3.63, 3.8) is 0 Å². The van der Waals surface area contributed by atoms with Gasteiger partial charge >= 0.3 is 0 Å². The van der Waals surface area contributed by atoms with Crippen LogP contribution < -0.4 is 10.9 Å². The number of carbonyl (C=O) groups excluding carboxylic acids is 1. The number of nitrogens with zero attached hydrogens (tertiary/aromatic N) is 2. The highest BCUT2D eigenvalue weighted by Gasteiger charge is 2.09. The Labute approximate surface area is 170 Å². The molecule has 0 unspecified atom stereocenters.